The maximum atomic E-state index is 14.5. The van der Waals surface area contributed by atoms with Crippen molar-refractivity contribution in [2.75, 3.05) is 33.7 Å². The first-order chi connectivity index (χ1) is 14.2. The summed E-state index contributed by atoms with van der Waals surface area (Å²) in [4.78, 5) is 16.3. The van der Waals surface area contributed by atoms with Crippen LogP contribution in [0.15, 0.2) is 47.4 Å². The summed E-state index contributed by atoms with van der Waals surface area (Å²) in [6.07, 6.45) is 0. The molecule has 2 aromatic rings. The van der Waals surface area contributed by atoms with E-state index in [4.69, 9.17) is 5.26 Å². The molecule has 7 nitrogen and oxygen atoms in total. The molecule has 1 N–H and O–H groups in total. The number of hydrogen-bond acceptors (Lipinski definition) is 5. The summed E-state index contributed by atoms with van der Waals surface area (Å²) in [6.45, 7) is 2.86. The van der Waals surface area contributed by atoms with Crippen LogP contribution in [0.5, 0.6) is 0 Å². The minimum atomic E-state index is -3.83. The number of hydrogen-bond donors (Lipinski definition) is 1. The van der Waals surface area contributed by atoms with E-state index in [1.165, 1.54) is 4.90 Å². The number of rotatable bonds is 9. The lowest BCUT2D eigenvalue weighted by molar-refractivity contribution is 0.0727. The van der Waals surface area contributed by atoms with Crippen LogP contribution in [0.25, 0.3) is 0 Å². The molecule has 0 radical (unpaired) electrons. The standard InChI is InChI=1S/C21H25FN4O3S/c1-4-24-30(28,29)18-9-10-20(22)19(13-18)21(27)26(12-11-25(2)3)15-17-7-5-16(14-23)6-8-17/h5-10,13,24H,4,11-12,15H2,1-3H3. The fourth-order valence-corrected chi connectivity index (χ4v) is 3.82. The molecule has 0 heterocycles. The average Bonchev–Trinajstić information content (AvgIpc) is 2.71. The third-order valence-electron chi connectivity index (χ3n) is 4.37. The van der Waals surface area contributed by atoms with Gasteiger partial charge in [0.2, 0.25) is 10.0 Å². The summed E-state index contributed by atoms with van der Waals surface area (Å²) >= 11 is 0. The summed E-state index contributed by atoms with van der Waals surface area (Å²) < 4.78 is 41.3. The number of benzene rings is 2. The smallest absolute Gasteiger partial charge is 0.257 e. The largest absolute Gasteiger partial charge is 0.333 e. The van der Waals surface area contributed by atoms with Crippen molar-refractivity contribution in [3.05, 3.63) is 65.0 Å². The number of amides is 1. The fraction of sp³-hybridized carbons (Fsp3) is 0.333. The highest BCUT2D eigenvalue weighted by Gasteiger charge is 2.23. The molecule has 0 bridgehead atoms. The zero-order chi connectivity index (χ0) is 22.3. The van der Waals surface area contributed by atoms with E-state index in [1.54, 1.807) is 31.2 Å². The summed E-state index contributed by atoms with van der Waals surface area (Å²) in [5, 5.41) is 8.94. The number of nitriles is 1. The van der Waals surface area contributed by atoms with Crippen molar-refractivity contribution < 1.29 is 17.6 Å². The van der Waals surface area contributed by atoms with Gasteiger partial charge in [-0.2, -0.15) is 5.26 Å². The quantitative estimate of drug-likeness (QED) is 0.656. The zero-order valence-electron chi connectivity index (χ0n) is 17.2. The molecule has 0 fully saturated rings. The van der Waals surface area contributed by atoms with E-state index < -0.39 is 21.7 Å². The van der Waals surface area contributed by atoms with Crippen molar-refractivity contribution >= 4 is 15.9 Å². The Balaban J connectivity index is 2.37. The SMILES string of the molecule is CCNS(=O)(=O)c1ccc(F)c(C(=O)N(CCN(C)C)Cc2ccc(C#N)cc2)c1. The molecule has 0 atom stereocenters. The van der Waals surface area contributed by atoms with Gasteiger partial charge in [-0.15, -0.1) is 0 Å². The van der Waals surface area contributed by atoms with Gasteiger partial charge in [0.15, 0.2) is 0 Å². The minimum absolute atomic E-state index is 0.167. The summed E-state index contributed by atoms with van der Waals surface area (Å²) in [5.74, 6) is -1.39. The van der Waals surface area contributed by atoms with Gasteiger partial charge in [-0.1, -0.05) is 19.1 Å². The van der Waals surface area contributed by atoms with E-state index in [9.17, 15) is 17.6 Å². The Morgan fingerprint density at radius 2 is 1.80 bits per heavy atom. The molecule has 0 saturated carbocycles. The minimum Gasteiger partial charge on any atom is -0.333 e. The molecule has 0 saturated heterocycles. The summed E-state index contributed by atoms with van der Waals surface area (Å²) in [6, 6.07) is 12.0. The molecule has 0 unspecified atom stereocenters. The van der Waals surface area contributed by atoms with Crippen LogP contribution in [0, 0.1) is 17.1 Å². The summed E-state index contributed by atoms with van der Waals surface area (Å²) in [5.41, 5.74) is 0.969. The van der Waals surface area contributed by atoms with Crippen molar-refractivity contribution in [3.63, 3.8) is 0 Å². The van der Waals surface area contributed by atoms with Gasteiger partial charge in [0.05, 0.1) is 22.1 Å². The van der Waals surface area contributed by atoms with E-state index >= 15 is 0 Å². The Hall–Kier alpha value is -2.80. The Bertz CT molecular complexity index is 1030. The molecule has 30 heavy (non-hydrogen) atoms. The molecule has 9 heteroatoms. The van der Waals surface area contributed by atoms with Crippen LogP contribution in [-0.2, 0) is 16.6 Å². The Kier molecular flexibility index (Phi) is 8.06. The molecule has 0 aliphatic heterocycles. The van der Waals surface area contributed by atoms with Gasteiger partial charge in [-0.25, -0.2) is 17.5 Å². The third kappa shape index (κ3) is 6.10. The van der Waals surface area contributed by atoms with Crippen molar-refractivity contribution in [2.24, 2.45) is 0 Å². The Labute approximate surface area is 176 Å². The lowest BCUT2D eigenvalue weighted by Crippen LogP contribution is -2.37. The van der Waals surface area contributed by atoms with Gasteiger partial charge in [0.25, 0.3) is 5.91 Å². The molecule has 0 aliphatic carbocycles. The van der Waals surface area contributed by atoms with Gasteiger partial charge in [0.1, 0.15) is 5.82 Å². The van der Waals surface area contributed by atoms with Gasteiger partial charge in [-0.3, -0.25) is 4.79 Å². The summed E-state index contributed by atoms with van der Waals surface area (Å²) in [7, 11) is -0.116. The van der Waals surface area contributed by atoms with Crippen LogP contribution in [0.3, 0.4) is 0 Å². The van der Waals surface area contributed by atoms with Gasteiger partial charge in [0, 0.05) is 26.2 Å². The van der Waals surface area contributed by atoms with Gasteiger partial charge < -0.3 is 9.80 Å². The van der Waals surface area contributed by atoms with Crippen LogP contribution in [0.4, 0.5) is 4.39 Å². The maximum absolute atomic E-state index is 14.5. The van der Waals surface area contributed by atoms with Gasteiger partial charge >= 0.3 is 0 Å². The number of halogens is 1. The molecule has 2 aromatic carbocycles. The van der Waals surface area contributed by atoms with Crippen LogP contribution in [0.1, 0.15) is 28.4 Å². The van der Waals surface area contributed by atoms with E-state index in [0.717, 1.165) is 23.8 Å². The molecule has 2 rings (SSSR count). The van der Waals surface area contributed by atoms with E-state index in [2.05, 4.69) is 4.72 Å². The first-order valence-electron chi connectivity index (χ1n) is 9.40. The van der Waals surface area contributed by atoms with E-state index in [1.807, 2.05) is 25.1 Å². The molecular weight excluding hydrogens is 407 g/mol. The molecule has 0 aliphatic rings. The van der Waals surface area contributed by atoms with Crippen LogP contribution < -0.4 is 4.72 Å². The van der Waals surface area contributed by atoms with Crippen molar-refractivity contribution in [1.82, 2.24) is 14.5 Å². The highest BCUT2D eigenvalue weighted by molar-refractivity contribution is 7.89. The first kappa shape index (κ1) is 23.5. The molecule has 160 valence electrons. The normalized spacial score (nSPS) is 11.3. The average molecular weight is 433 g/mol. The second kappa shape index (κ2) is 10.3. The third-order valence-corrected chi connectivity index (χ3v) is 5.92. The number of likely N-dealkylation sites (N-methyl/N-ethyl adjacent to an activating group) is 1. The molecule has 1 amide bonds. The number of carbonyl (C=O) groups is 1. The van der Waals surface area contributed by atoms with Gasteiger partial charge in [-0.05, 0) is 50.0 Å². The number of nitrogens with zero attached hydrogens (tertiary/aromatic N) is 3. The Morgan fingerprint density at radius 1 is 1.13 bits per heavy atom. The number of carbonyl (C=O) groups excluding carboxylic acids is 1. The van der Waals surface area contributed by atoms with E-state index in [0.29, 0.717) is 18.7 Å². The number of nitrogens with one attached hydrogen (secondary N) is 1. The maximum Gasteiger partial charge on any atom is 0.257 e. The van der Waals surface area contributed by atoms with Crippen LogP contribution >= 0.6 is 0 Å². The second-order valence-electron chi connectivity index (χ2n) is 6.98. The van der Waals surface area contributed by atoms with Crippen molar-refractivity contribution in [3.8, 4) is 6.07 Å². The van der Waals surface area contributed by atoms with Crippen molar-refractivity contribution in [2.45, 2.75) is 18.4 Å². The fourth-order valence-electron chi connectivity index (χ4n) is 2.76. The van der Waals surface area contributed by atoms with Crippen LogP contribution in [0.2, 0.25) is 0 Å². The highest BCUT2D eigenvalue weighted by Crippen LogP contribution is 2.18. The second-order valence-corrected chi connectivity index (χ2v) is 8.75. The molecular formula is C21H25FN4O3S. The van der Waals surface area contributed by atoms with E-state index in [-0.39, 0.29) is 23.5 Å². The molecule has 0 aromatic heterocycles. The lowest BCUT2D eigenvalue weighted by Gasteiger charge is -2.25. The number of sulfonamides is 1. The predicted molar refractivity (Wildman–Crippen MR) is 112 cm³/mol. The predicted octanol–water partition coefficient (Wildman–Crippen LogP) is 2.20. The molecule has 0 spiro atoms. The topological polar surface area (TPSA) is 93.5 Å². The lowest BCUT2D eigenvalue weighted by atomic mass is 10.1. The van der Waals surface area contributed by atoms with Crippen LogP contribution in [-0.4, -0.2) is 57.9 Å². The van der Waals surface area contributed by atoms with Crippen molar-refractivity contribution in [1.29, 1.82) is 5.26 Å². The highest BCUT2D eigenvalue weighted by atomic mass is 32.2. The monoisotopic (exact) mass is 432 g/mol. The Morgan fingerprint density at radius 3 is 2.37 bits per heavy atom. The first-order valence-corrected chi connectivity index (χ1v) is 10.9. The zero-order valence-corrected chi connectivity index (χ0v) is 18.0.